The van der Waals surface area contributed by atoms with Crippen LogP contribution in [0.5, 0.6) is 0 Å². The number of nitrogens with zero attached hydrogens (tertiary/aromatic N) is 3. The van der Waals surface area contributed by atoms with Gasteiger partial charge in [0.2, 0.25) is 5.91 Å². The summed E-state index contributed by atoms with van der Waals surface area (Å²) in [5, 5.41) is 8.45. The second kappa shape index (κ2) is 9.65. The molecule has 3 atom stereocenters. The highest BCUT2D eigenvalue weighted by atomic mass is 16.2. The SMILES string of the molecule is C[C@H](C(=O)Nc1ccc(CC[C@H]2CCN(C)C[C@@H]2C)cc1)n1ncc2ccccc2c1=O. The Balaban J connectivity index is 1.36. The first-order chi connectivity index (χ1) is 15.4. The quantitative estimate of drug-likeness (QED) is 0.636. The maximum Gasteiger partial charge on any atom is 0.275 e. The van der Waals surface area contributed by atoms with E-state index in [0.717, 1.165) is 29.3 Å². The number of aromatic nitrogens is 2. The molecule has 0 radical (unpaired) electrons. The first-order valence-electron chi connectivity index (χ1n) is 11.5. The molecule has 168 valence electrons. The Morgan fingerprint density at radius 2 is 1.94 bits per heavy atom. The second-order valence-electron chi connectivity index (χ2n) is 9.17. The van der Waals surface area contributed by atoms with E-state index >= 15 is 0 Å². The van der Waals surface area contributed by atoms with Crippen molar-refractivity contribution in [3.63, 3.8) is 0 Å². The number of fused-ring (bicyclic) bond motifs is 1. The van der Waals surface area contributed by atoms with Gasteiger partial charge in [0.15, 0.2) is 0 Å². The van der Waals surface area contributed by atoms with Crippen LogP contribution in [0.3, 0.4) is 0 Å². The van der Waals surface area contributed by atoms with Crippen molar-refractivity contribution in [1.82, 2.24) is 14.7 Å². The van der Waals surface area contributed by atoms with E-state index in [4.69, 9.17) is 0 Å². The van der Waals surface area contributed by atoms with Gasteiger partial charge in [0.25, 0.3) is 5.56 Å². The summed E-state index contributed by atoms with van der Waals surface area (Å²) >= 11 is 0. The molecule has 2 heterocycles. The molecular formula is C26H32N4O2. The molecule has 2 aromatic carbocycles. The van der Waals surface area contributed by atoms with Crippen LogP contribution in [0.1, 0.15) is 38.3 Å². The predicted molar refractivity (Wildman–Crippen MR) is 129 cm³/mol. The Morgan fingerprint density at radius 1 is 1.19 bits per heavy atom. The van der Waals surface area contributed by atoms with Crippen molar-refractivity contribution >= 4 is 22.4 Å². The third-order valence-corrected chi connectivity index (χ3v) is 6.78. The standard InChI is InChI=1S/C26H32N4O2/c1-18-17-29(3)15-14-21(18)11-8-20-9-12-23(13-10-20)28-25(31)19(2)30-26(32)24-7-5-4-6-22(24)16-27-30/h4-7,9-10,12-13,16,18-19,21H,8,11,14-15,17H2,1-3H3,(H,28,31)/t18-,19+,21-/m0/s1. The van der Waals surface area contributed by atoms with E-state index in [1.54, 1.807) is 19.2 Å². The lowest BCUT2D eigenvalue weighted by Gasteiger charge is -2.34. The first-order valence-corrected chi connectivity index (χ1v) is 11.5. The summed E-state index contributed by atoms with van der Waals surface area (Å²) in [5.41, 5.74) is 1.76. The van der Waals surface area contributed by atoms with Gasteiger partial charge in [0.05, 0.1) is 11.6 Å². The van der Waals surface area contributed by atoms with Gasteiger partial charge >= 0.3 is 0 Å². The fourth-order valence-corrected chi connectivity index (χ4v) is 4.68. The molecule has 6 nitrogen and oxygen atoms in total. The van der Waals surface area contributed by atoms with Crippen LogP contribution in [-0.2, 0) is 11.2 Å². The molecule has 1 fully saturated rings. The summed E-state index contributed by atoms with van der Waals surface area (Å²) in [5.74, 6) is 1.25. The van der Waals surface area contributed by atoms with Crippen molar-refractivity contribution in [2.24, 2.45) is 11.8 Å². The number of benzene rings is 2. The second-order valence-corrected chi connectivity index (χ2v) is 9.17. The molecule has 0 bridgehead atoms. The van der Waals surface area contributed by atoms with Crippen molar-refractivity contribution in [2.75, 3.05) is 25.5 Å². The highest BCUT2D eigenvalue weighted by Crippen LogP contribution is 2.27. The largest absolute Gasteiger partial charge is 0.324 e. The van der Waals surface area contributed by atoms with Crippen molar-refractivity contribution < 1.29 is 4.79 Å². The van der Waals surface area contributed by atoms with Gasteiger partial charge in [-0.1, -0.05) is 37.3 Å². The van der Waals surface area contributed by atoms with E-state index < -0.39 is 6.04 Å². The summed E-state index contributed by atoms with van der Waals surface area (Å²) < 4.78 is 1.24. The van der Waals surface area contributed by atoms with E-state index in [1.807, 2.05) is 30.3 Å². The summed E-state index contributed by atoms with van der Waals surface area (Å²) in [6.07, 6.45) is 5.15. The third-order valence-electron chi connectivity index (χ3n) is 6.78. The summed E-state index contributed by atoms with van der Waals surface area (Å²) in [7, 11) is 2.20. The predicted octanol–water partition coefficient (Wildman–Crippen LogP) is 4.12. The lowest BCUT2D eigenvalue weighted by atomic mass is 9.83. The lowest BCUT2D eigenvalue weighted by Crippen LogP contribution is -2.36. The average molecular weight is 433 g/mol. The van der Waals surface area contributed by atoms with Crippen LogP contribution in [0.2, 0.25) is 0 Å². The van der Waals surface area contributed by atoms with Crippen molar-refractivity contribution in [3.05, 3.63) is 70.6 Å². The molecule has 0 spiro atoms. The minimum atomic E-state index is -0.710. The molecule has 0 saturated carbocycles. The number of likely N-dealkylation sites (tertiary alicyclic amines) is 1. The van der Waals surface area contributed by atoms with Gasteiger partial charge in [-0.2, -0.15) is 5.10 Å². The van der Waals surface area contributed by atoms with Gasteiger partial charge in [-0.05, 0) is 75.4 Å². The number of aryl methyl sites for hydroxylation is 1. The Bertz CT molecular complexity index is 1140. The van der Waals surface area contributed by atoms with Crippen LogP contribution < -0.4 is 10.9 Å². The molecule has 0 unspecified atom stereocenters. The van der Waals surface area contributed by atoms with Crippen LogP contribution in [-0.4, -0.2) is 40.7 Å². The maximum atomic E-state index is 12.8. The molecule has 1 aliphatic rings. The van der Waals surface area contributed by atoms with Gasteiger partial charge in [0, 0.05) is 17.6 Å². The molecule has 3 aromatic rings. The van der Waals surface area contributed by atoms with Crippen molar-refractivity contribution in [3.8, 4) is 0 Å². The molecule has 4 rings (SSSR count). The number of nitrogens with one attached hydrogen (secondary N) is 1. The highest BCUT2D eigenvalue weighted by Gasteiger charge is 2.23. The number of carbonyl (C=O) groups excluding carboxylic acids is 1. The molecule has 1 aromatic heterocycles. The molecule has 32 heavy (non-hydrogen) atoms. The zero-order valence-electron chi connectivity index (χ0n) is 19.1. The maximum absolute atomic E-state index is 12.8. The molecule has 0 aliphatic carbocycles. The highest BCUT2D eigenvalue weighted by molar-refractivity contribution is 5.93. The van der Waals surface area contributed by atoms with Gasteiger partial charge in [-0.25, -0.2) is 4.68 Å². The molecule has 1 aliphatic heterocycles. The van der Waals surface area contributed by atoms with E-state index in [-0.39, 0.29) is 11.5 Å². The van der Waals surface area contributed by atoms with Crippen molar-refractivity contribution in [1.29, 1.82) is 0 Å². The zero-order valence-corrected chi connectivity index (χ0v) is 19.1. The van der Waals surface area contributed by atoms with Gasteiger partial charge in [-0.15, -0.1) is 0 Å². The number of hydrogen-bond acceptors (Lipinski definition) is 4. The van der Waals surface area contributed by atoms with Gasteiger partial charge in [-0.3, -0.25) is 9.59 Å². The van der Waals surface area contributed by atoms with E-state index in [2.05, 4.69) is 41.4 Å². The summed E-state index contributed by atoms with van der Waals surface area (Å²) in [4.78, 5) is 27.9. The number of hydrogen-bond donors (Lipinski definition) is 1. The molecule has 6 heteroatoms. The van der Waals surface area contributed by atoms with Crippen LogP contribution in [0, 0.1) is 11.8 Å². The molecular weight excluding hydrogens is 400 g/mol. The minimum absolute atomic E-state index is 0.260. The van der Waals surface area contributed by atoms with E-state index in [0.29, 0.717) is 5.39 Å². The fraction of sp³-hybridized carbons (Fsp3) is 0.423. The minimum Gasteiger partial charge on any atom is -0.324 e. The van der Waals surface area contributed by atoms with Gasteiger partial charge in [0.1, 0.15) is 6.04 Å². The Kier molecular flexibility index (Phi) is 6.70. The van der Waals surface area contributed by atoms with Crippen LogP contribution in [0.15, 0.2) is 59.5 Å². The lowest BCUT2D eigenvalue weighted by molar-refractivity contribution is -0.119. The number of carbonyl (C=O) groups is 1. The molecule has 1 amide bonds. The van der Waals surface area contributed by atoms with Crippen LogP contribution in [0.4, 0.5) is 5.69 Å². The van der Waals surface area contributed by atoms with E-state index in [1.165, 1.54) is 36.2 Å². The first kappa shape index (κ1) is 22.2. The topological polar surface area (TPSA) is 67.2 Å². The Labute approximate surface area is 189 Å². The summed E-state index contributed by atoms with van der Waals surface area (Å²) in [6.45, 7) is 6.42. The summed E-state index contributed by atoms with van der Waals surface area (Å²) in [6, 6.07) is 14.6. The number of amides is 1. The smallest absolute Gasteiger partial charge is 0.275 e. The van der Waals surface area contributed by atoms with Crippen LogP contribution >= 0.6 is 0 Å². The third kappa shape index (κ3) is 4.91. The van der Waals surface area contributed by atoms with Crippen molar-refractivity contribution in [2.45, 2.75) is 39.2 Å². The Hall–Kier alpha value is -2.99. The van der Waals surface area contributed by atoms with Gasteiger partial charge < -0.3 is 10.2 Å². The van der Waals surface area contributed by atoms with Crippen LogP contribution in [0.25, 0.3) is 10.8 Å². The number of anilines is 1. The molecule has 1 N–H and O–H groups in total. The normalized spacial score (nSPS) is 20.2. The zero-order chi connectivity index (χ0) is 22.7. The Morgan fingerprint density at radius 3 is 2.69 bits per heavy atom. The number of piperidine rings is 1. The fourth-order valence-electron chi connectivity index (χ4n) is 4.68. The van der Waals surface area contributed by atoms with E-state index in [9.17, 15) is 9.59 Å². The number of rotatable bonds is 6. The monoisotopic (exact) mass is 432 g/mol. The molecule has 1 saturated heterocycles. The average Bonchev–Trinajstić information content (AvgIpc) is 2.79.